The van der Waals surface area contributed by atoms with Crippen molar-refractivity contribution in [2.24, 2.45) is 0 Å². The third kappa shape index (κ3) is 4.38. The Morgan fingerprint density at radius 2 is 2.24 bits per heavy atom. The molecule has 17 heavy (non-hydrogen) atoms. The van der Waals surface area contributed by atoms with Gasteiger partial charge >= 0.3 is 0 Å². The van der Waals surface area contributed by atoms with Crippen molar-refractivity contribution in [3.05, 3.63) is 12.4 Å². The minimum atomic E-state index is 0.113. The molecule has 0 spiro atoms. The molecule has 0 saturated carbocycles. The van der Waals surface area contributed by atoms with Gasteiger partial charge in [0.15, 0.2) is 0 Å². The highest BCUT2D eigenvalue weighted by atomic mass is 16.1. The Hall–Kier alpha value is -1.65. The van der Waals surface area contributed by atoms with E-state index in [0.29, 0.717) is 12.6 Å². The van der Waals surface area contributed by atoms with E-state index in [1.165, 1.54) is 6.33 Å². The molecule has 1 rings (SSSR count). The van der Waals surface area contributed by atoms with E-state index in [9.17, 15) is 4.79 Å². The first-order valence-electron chi connectivity index (χ1n) is 5.82. The lowest BCUT2D eigenvalue weighted by molar-refractivity contribution is -0.115. The van der Waals surface area contributed by atoms with Crippen molar-refractivity contribution in [3.8, 4) is 0 Å². The molecule has 0 fully saturated rings. The smallest absolute Gasteiger partial charge is 0.149 e. The summed E-state index contributed by atoms with van der Waals surface area (Å²) in [5.41, 5.74) is 0. The molecule has 0 aliphatic rings. The number of ketones is 1. The molecule has 0 amide bonds. The fourth-order valence-electron chi connectivity index (χ4n) is 1.40. The predicted molar refractivity (Wildman–Crippen MR) is 69.4 cm³/mol. The molecule has 1 aromatic rings. The number of Topliss-reactive ketones (excluding diaryl/α,β-unsaturated/α-hetero) is 1. The largest absolute Gasteiger partial charge is 0.367 e. The minimum Gasteiger partial charge on any atom is -0.367 e. The van der Waals surface area contributed by atoms with Crippen LogP contribution in [0.15, 0.2) is 12.4 Å². The summed E-state index contributed by atoms with van der Waals surface area (Å²) in [5.74, 6) is 1.66. The van der Waals surface area contributed by atoms with E-state index in [4.69, 9.17) is 0 Å². The van der Waals surface area contributed by atoms with Gasteiger partial charge in [-0.3, -0.25) is 4.79 Å². The van der Waals surface area contributed by atoms with E-state index in [0.717, 1.165) is 18.1 Å². The normalized spacial score (nSPS) is 12.0. The van der Waals surface area contributed by atoms with Gasteiger partial charge in [0.1, 0.15) is 23.7 Å². The predicted octanol–water partition coefficient (Wildman–Crippen LogP) is 1.71. The molecular weight excluding hydrogens is 216 g/mol. The molecule has 0 aromatic carbocycles. The molecule has 1 N–H and O–H groups in total. The minimum absolute atomic E-state index is 0.113. The van der Waals surface area contributed by atoms with Crippen molar-refractivity contribution < 1.29 is 4.79 Å². The number of carbonyl (C=O) groups is 1. The number of hydrogen-bond donors (Lipinski definition) is 1. The van der Waals surface area contributed by atoms with Crippen LogP contribution in [0.25, 0.3) is 0 Å². The Bertz CT molecular complexity index is 381. The molecule has 1 aromatic heterocycles. The first kappa shape index (κ1) is 13.4. The van der Waals surface area contributed by atoms with E-state index in [-0.39, 0.29) is 5.78 Å². The summed E-state index contributed by atoms with van der Waals surface area (Å²) >= 11 is 0. The second-order valence-corrected chi connectivity index (χ2v) is 4.27. The molecule has 0 saturated heterocycles. The standard InChI is InChI=1S/C12H20N4O/c1-5-9(2)15-11-6-12(14-8-13-11)16(4)7-10(3)17/h6,8-9H,5,7H2,1-4H3,(H,13,14,15). The summed E-state index contributed by atoms with van der Waals surface area (Å²) in [7, 11) is 1.84. The van der Waals surface area contributed by atoms with E-state index in [1.54, 1.807) is 6.92 Å². The third-order valence-corrected chi connectivity index (χ3v) is 2.51. The summed E-state index contributed by atoms with van der Waals surface area (Å²) in [6.07, 6.45) is 2.54. The van der Waals surface area contributed by atoms with Gasteiger partial charge in [0.25, 0.3) is 0 Å². The van der Waals surface area contributed by atoms with Gasteiger partial charge in [-0.2, -0.15) is 0 Å². The number of nitrogens with zero attached hydrogens (tertiary/aromatic N) is 3. The van der Waals surface area contributed by atoms with Crippen LogP contribution in [0.5, 0.6) is 0 Å². The van der Waals surface area contributed by atoms with Crippen LogP contribution in [-0.4, -0.2) is 35.4 Å². The molecule has 0 aliphatic carbocycles. The van der Waals surface area contributed by atoms with Crippen LogP contribution in [0.3, 0.4) is 0 Å². The summed E-state index contributed by atoms with van der Waals surface area (Å²) < 4.78 is 0. The third-order valence-electron chi connectivity index (χ3n) is 2.51. The van der Waals surface area contributed by atoms with Crippen LogP contribution in [0.4, 0.5) is 11.6 Å². The van der Waals surface area contributed by atoms with E-state index in [2.05, 4.69) is 29.1 Å². The lowest BCUT2D eigenvalue weighted by Gasteiger charge is -2.18. The fraction of sp³-hybridized carbons (Fsp3) is 0.583. The number of aromatic nitrogens is 2. The highest BCUT2D eigenvalue weighted by Gasteiger charge is 2.07. The van der Waals surface area contributed by atoms with Crippen molar-refractivity contribution in [1.29, 1.82) is 0 Å². The van der Waals surface area contributed by atoms with Crippen LogP contribution in [0, 0.1) is 0 Å². The van der Waals surface area contributed by atoms with Gasteiger partial charge in [0.2, 0.25) is 0 Å². The topological polar surface area (TPSA) is 58.1 Å². The Morgan fingerprint density at radius 1 is 1.53 bits per heavy atom. The maximum Gasteiger partial charge on any atom is 0.149 e. The van der Waals surface area contributed by atoms with Crippen molar-refractivity contribution in [2.45, 2.75) is 33.2 Å². The van der Waals surface area contributed by atoms with Crippen molar-refractivity contribution in [3.63, 3.8) is 0 Å². The maximum absolute atomic E-state index is 11.0. The van der Waals surface area contributed by atoms with Crippen LogP contribution in [0.2, 0.25) is 0 Å². The summed E-state index contributed by atoms with van der Waals surface area (Å²) in [6.45, 7) is 6.14. The van der Waals surface area contributed by atoms with Gasteiger partial charge in [0.05, 0.1) is 6.54 Å². The van der Waals surface area contributed by atoms with E-state index >= 15 is 0 Å². The van der Waals surface area contributed by atoms with E-state index < -0.39 is 0 Å². The molecule has 1 atom stereocenters. The molecule has 5 nitrogen and oxygen atoms in total. The van der Waals surface area contributed by atoms with Crippen molar-refractivity contribution in [1.82, 2.24) is 9.97 Å². The Morgan fingerprint density at radius 3 is 2.82 bits per heavy atom. The summed E-state index contributed by atoms with van der Waals surface area (Å²) in [6, 6.07) is 2.23. The Kier molecular flexibility index (Phi) is 4.87. The average Bonchev–Trinajstić information content (AvgIpc) is 2.28. The monoisotopic (exact) mass is 236 g/mol. The zero-order valence-corrected chi connectivity index (χ0v) is 10.9. The average molecular weight is 236 g/mol. The molecule has 1 unspecified atom stereocenters. The number of hydrogen-bond acceptors (Lipinski definition) is 5. The lowest BCUT2D eigenvalue weighted by atomic mass is 10.2. The first-order chi connectivity index (χ1) is 8.02. The first-order valence-corrected chi connectivity index (χ1v) is 5.82. The molecule has 0 radical (unpaired) electrons. The number of anilines is 2. The highest BCUT2D eigenvalue weighted by molar-refractivity contribution is 5.80. The second kappa shape index (κ2) is 6.18. The fourth-order valence-corrected chi connectivity index (χ4v) is 1.40. The quantitative estimate of drug-likeness (QED) is 0.815. The lowest BCUT2D eigenvalue weighted by Crippen LogP contribution is -2.25. The van der Waals surface area contributed by atoms with Crippen molar-refractivity contribution in [2.75, 3.05) is 23.8 Å². The van der Waals surface area contributed by atoms with Gasteiger partial charge in [-0.1, -0.05) is 6.92 Å². The molecule has 5 heteroatoms. The summed E-state index contributed by atoms with van der Waals surface area (Å²) in [5, 5.41) is 3.28. The second-order valence-electron chi connectivity index (χ2n) is 4.27. The molecular formula is C12H20N4O. The van der Waals surface area contributed by atoms with E-state index in [1.807, 2.05) is 18.0 Å². The Balaban J connectivity index is 2.74. The number of nitrogens with one attached hydrogen (secondary N) is 1. The molecule has 0 bridgehead atoms. The van der Waals surface area contributed by atoms with Crippen LogP contribution in [0.1, 0.15) is 27.2 Å². The van der Waals surface area contributed by atoms with Crippen LogP contribution < -0.4 is 10.2 Å². The number of carbonyl (C=O) groups excluding carboxylic acids is 1. The maximum atomic E-state index is 11.0. The Labute approximate surface area is 102 Å². The van der Waals surface area contributed by atoms with Gasteiger partial charge in [0, 0.05) is 19.2 Å². The zero-order chi connectivity index (χ0) is 12.8. The van der Waals surface area contributed by atoms with Crippen LogP contribution in [-0.2, 0) is 4.79 Å². The molecule has 1 heterocycles. The van der Waals surface area contributed by atoms with Gasteiger partial charge < -0.3 is 10.2 Å². The van der Waals surface area contributed by atoms with Crippen molar-refractivity contribution >= 4 is 17.4 Å². The highest BCUT2D eigenvalue weighted by Crippen LogP contribution is 2.13. The number of rotatable bonds is 6. The van der Waals surface area contributed by atoms with Gasteiger partial charge in [-0.05, 0) is 20.3 Å². The van der Waals surface area contributed by atoms with Crippen LogP contribution >= 0.6 is 0 Å². The number of likely N-dealkylation sites (N-methyl/N-ethyl adjacent to an activating group) is 1. The molecule has 94 valence electrons. The van der Waals surface area contributed by atoms with Gasteiger partial charge in [-0.15, -0.1) is 0 Å². The summed E-state index contributed by atoms with van der Waals surface area (Å²) in [4.78, 5) is 21.2. The zero-order valence-electron chi connectivity index (χ0n) is 10.9. The molecule has 0 aliphatic heterocycles. The SMILES string of the molecule is CCC(C)Nc1cc(N(C)CC(C)=O)ncn1. The van der Waals surface area contributed by atoms with Gasteiger partial charge in [-0.25, -0.2) is 9.97 Å².